The van der Waals surface area contributed by atoms with Crippen molar-refractivity contribution in [3.63, 3.8) is 0 Å². The van der Waals surface area contributed by atoms with Gasteiger partial charge in [0.05, 0.1) is 5.69 Å². The van der Waals surface area contributed by atoms with E-state index in [0.717, 1.165) is 83.2 Å². The fourth-order valence-corrected chi connectivity index (χ4v) is 3.40. The van der Waals surface area contributed by atoms with Crippen LogP contribution in [0, 0.1) is 0 Å². The van der Waals surface area contributed by atoms with E-state index < -0.39 is 5.60 Å². The summed E-state index contributed by atoms with van der Waals surface area (Å²) in [6.07, 6.45) is 6.16. The van der Waals surface area contributed by atoms with Gasteiger partial charge in [-0.2, -0.15) is 0 Å². The van der Waals surface area contributed by atoms with Crippen LogP contribution in [-0.4, -0.2) is 71.8 Å². The number of piperazine rings is 1. The SMILES string of the molecule is CCNC(=NCCCCCCC(=O)OC(C)(C)C)N1CCN(Cc2ccon2)CC1. The lowest BCUT2D eigenvalue weighted by Crippen LogP contribution is -2.52. The molecule has 0 spiro atoms. The summed E-state index contributed by atoms with van der Waals surface area (Å²) in [5.41, 5.74) is 0.589. The van der Waals surface area contributed by atoms with Crippen molar-refractivity contribution >= 4 is 11.9 Å². The van der Waals surface area contributed by atoms with E-state index in [1.807, 2.05) is 26.8 Å². The molecular formula is C22H39N5O3. The molecule has 2 heterocycles. The molecule has 1 aliphatic heterocycles. The number of rotatable bonds is 10. The van der Waals surface area contributed by atoms with Crippen LogP contribution in [0.3, 0.4) is 0 Å². The van der Waals surface area contributed by atoms with E-state index in [1.165, 1.54) is 0 Å². The normalized spacial score (nSPS) is 16.0. The minimum atomic E-state index is -0.393. The van der Waals surface area contributed by atoms with Crippen LogP contribution in [0.2, 0.25) is 0 Å². The minimum absolute atomic E-state index is 0.0994. The summed E-state index contributed by atoms with van der Waals surface area (Å²) in [5.74, 6) is 0.907. The Morgan fingerprint density at radius 3 is 2.57 bits per heavy atom. The molecule has 0 amide bonds. The average molecular weight is 422 g/mol. The number of aliphatic imine (C=N–C) groups is 1. The lowest BCUT2D eigenvalue weighted by Gasteiger charge is -2.36. The monoisotopic (exact) mass is 421 g/mol. The number of nitrogens with zero attached hydrogens (tertiary/aromatic N) is 4. The van der Waals surface area contributed by atoms with Crippen LogP contribution >= 0.6 is 0 Å². The number of esters is 1. The van der Waals surface area contributed by atoms with E-state index >= 15 is 0 Å². The molecule has 170 valence electrons. The first kappa shape index (κ1) is 24.2. The fourth-order valence-electron chi connectivity index (χ4n) is 3.40. The van der Waals surface area contributed by atoms with Gasteiger partial charge in [0.25, 0.3) is 0 Å². The summed E-state index contributed by atoms with van der Waals surface area (Å²) >= 11 is 0. The third kappa shape index (κ3) is 9.61. The van der Waals surface area contributed by atoms with Gasteiger partial charge in [-0.1, -0.05) is 18.0 Å². The van der Waals surface area contributed by atoms with Crippen LogP contribution in [0.15, 0.2) is 21.8 Å². The second-order valence-electron chi connectivity index (χ2n) is 8.74. The topological polar surface area (TPSA) is 83.2 Å². The van der Waals surface area contributed by atoms with Gasteiger partial charge in [0.2, 0.25) is 0 Å². The van der Waals surface area contributed by atoms with Crippen molar-refractivity contribution in [2.45, 2.75) is 71.9 Å². The van der Waals surface area contributed by atoms with Crippen LogP contribution in [0.25, 0.3) is 0 Å². The molecule has 2 rings (SSSR count). The number of hydrogen-bond donors (Lipinski definition) is 1. The first-order valence-electron chi connectivity index (χ1n) is 11.2. The molecule has 1 saturated heterocycles. The second kappa shape index (κ2) is 12.6. The minimum Gasteiger partial charge on any atom is -0.460 e. The number of carbonyl (C=O) groups excluding carboxylic acids is 1. The highest BCUT2D eigenvalue weighted by Gasteiger charge is 2.20. The van der Waals surface area contributed by atoms with Crippen molar-refractivity contribution in [2.24, 2.45) is 4.99 Å². The smallest absolute Gasteiger partial charge is 0.306 e. The van der Waals surface area contributed by atoms with E-state index in [-0.39, 0.29) is 5.97 Å². The standard InChI is InChI=1S/C22H39N5O3/c1-5-23-21(24-12-9-7-6-8-10-20(28)30-22(2,3)4)27-15-13-26(14-16-27)18-19-11-17-29-25-19/h11,17H,5-10,12-16,18H2,1-4H3,(H,23,24). The molecule has 0 atom stereocenters. The van der Waals surface area contributed by atoms with Gasteiger partial charge < -0.3 is 19.5 Å². The Balaban J connectivity index is 1.63. The van der Waals surface area contributed by atoms with Crippen LogP contribution in [-0.2, 0) is 16.1 Å². The van der Waals surface area contributed by atoms with Crippen LogP contribution < -0.4 is 5.32 Å². The zero-order valence-electron chi connectivity index (χ0n) is 19.2. The van der Waals surface area contributed by atoms with E-state index in [9.17, 15) is 4.79 Å². The van der Waals surface area contributed by atoms with Crippen molar-refractivity contribution in [2.75, 3.05) is 39.3 Å². The summed E-state index contributed by atoms with van der Waals surface area (Å²) < 4.78 is 10.3. The predicted molar refractivity (Wildman–Crippen MR) is 118 cm³/mol. The Labute approximate surface area is 181 Å². The summed E-state index contributed by atoms with van der Waals surface area (Å²) in [7, 11) is 0. The molecule has 1 aromatic rings. The van der Waals surface area contributed by atoms with Crippen molar-refractivity contribution in [1.82, 2.24) is 20.3 Å². The molecular weight excluding hydrogens is 382 g/mol. The molecule has 1 N–H and O–H groups in total. The molecule has 0 bridgehead atoms. The van der Waals surface area contributed by atoms with Gasteiger partial charge >= 0.3 is 5.97 Å². The number of guanidine groups is 1. The molecule has 8 heteroatoms. The van der Waals surface area contributed by atoms with Gasteiger partial charge in [-0.25, -0.2) is 0 Å². The molecule has 0 aromatic carbocycles. The molecule has 0 radical (unpaired) electrons. The summed E-state index contributed by atoms with van der Waals surface area (Å²) in [6.45, 7) is 14.2. The Morgan fingerprint density at radius 2 is 1.93 bits per heavy atom. The van der Waals surface area contributed by atoms with Crippen LogP contribution in [0.1, 0.15) is 65.5 Å². The Hall–Kier alpha value is -2.09. The lowest BCUT2D eigenvalue weighted by molar-refractivity contribution is -0.154. The van der Waals surface area contributed by atoms with Gasteiger partial charge in [-0.3, -0.25) is 14.7 Å². The third-order valence-electron chi connectivity index (χ3n) is 4.85. The number of hydrogen-bond acceptors (Lipinski definition) is 6. The molecule has 1 aliphatic rings. The maximum Gasteiger partial charge on any atom is 0.306 e. The number of carbonyl (C=O) groups is 1. The highest BCUT2D eigenvalue weighted by Crippen LogP contribution is 2.11. The van der Waals surface area contributed by atoms with Gasteiger partial charge in [0, 0.05) is 58.3 Å². The summed E-state index contributed by atoms with van der Waals surface area (Å²) in [4.78, 5) is 21.3. The second-order valence-corrected chi connectivity index (χ2v) is 8.74. The maximum absolute atomic E-state index is 11.7. The molecule has 8 nitrogen and oxygen atoms in total. The Kier molecular flexibility index (Phi) is 10.1. The summed E-state index contributed by atoms with van der Waals surface area (Å²) in [5, 5.41) is 7.42. The maximum atomic E-state index is 11.7. The van der Waals surface area contributed by atoms with Crippen LogP contribution in [0.4, 0.5) is 0 Å². The van der Waals surface area contributed by atoms with Gasteiger partial charge in [0.15, 0.2) is 5.96 Å². The molecule has 30 heavy (non-hydrogen) atoms. The van der Waals surface area contributed by atoms with Crippen molar-refractivity contribution in [3.05, 3.63) is 18.0 Å². The first-order valence-corrected chi connectivity index (χ1v) is 11.2. The Morgan fingerprint density at radius 1 is 1.20 bits per heavy atom. The van der Waals surface area contributed by atoms with Crippen molar-refractivity contribution < 1.29 is 14.1 Å². The average Bonchev–Trinajstić information content (AvgIpc) is 3.19. The van der Waals surface area contributed by atoms with Crippen molar-refractivity contribution in [1.29, 1.82) is 0 Å². The predicted octanol–water partition coefficient (Wildman–Crippen LogP) is 3.05. The Bertz CT molecular complexity index is 632. The molecule has 1 aromatic heterocycles. The third-order valence-corrected chi connectivity index (χ3v) is 4.85. The fraction of sp³-hybridized carbons (Fsp3) is 0.773. The largest absolute Gasteiger partial charge is 0.460 e. The van der Waals surface area contributed by atoms with E-state index in [4.69, 9.17) is 14.3 Å². The zero-order chi connectivity index (χ0) is 21.8. The van der Waals surface area contributed by atoms with E-state index in [0.29, 0.717) is 6.42 Å². The highest BCUT2D eigenvalue weighted by atomic mass is 16.6. The van der Waals surface area contributed by atoms with Gasteiger partial charge in [-0.15, -0.1) is 0 Å². The number of aromatic nitrogens is 1. The first-order chi connectivity index (χ1) is 14.4. The lowest BCUT2D eigenvalue weighted by atomic mass is 10.1. The quantitative estimate of drug-likeness (QED) is 0.269. The van der Waals surface area contributed by atoms with Gasteiger partial charge in [0.1, 0.15) is 11.9 Å². The van der Waals surface area contributed by atoms with Crippen molar-refractivity contribution in [3.8, 4) is 0 Å². The number of unbranched alkanes of at least 4 members (excludes halogenated alkanes) is 3. The molecule has 0 saturated carbocycles. The number of ether oxygens (including phenoxy) is 1. The molecule has 1 fully saturated rings. The van der Waals surface area contributed by atoms with E-state index in [1.54, 1.807) is 6.26 Å². The molecule has 0 aliphatic carbocycles. The van der Waals surface area contributed by atoms with Crippen LogP contribution in [0.5, 0.6) is 0 Å². The molecule has 0 unspecified atom stereocenters. The van der Waals surface area contributed by atoms with E-state index in [2.05, 4.69) is 27.2 Å². The highest BCUT2D eigenvalue weighted by molar-refractivity contribution is 5.80. The summed E-state index contributed by atoms with van der Waals surface area (Å²) in [6, 6.07) is 1.92. The number of nitrogens with one attached hydrogen (secondary N) is 1. The zero-order valence-corrected chi connectivity index (χ0v) is 19.2. The van der Waals surface area contributed by atoms with Gasteiger partial charge in [-0.05, 0) is 40.5 Å².